The first-order valence-corrected chi connectivity index (χ1v) is 10.2. The van der Waals surface area contributed by atoms with Gasteiger partial charge in [-0.05, 0) is 37.7 Å². The summed E-state index contributed by atoms with van der Waals surface area (Å²) in [6, 6.07) is 8.04. The minimum Gasteiger partial charge on any atom is -0.497 e. The number of likely N-dealkylation sites (N-methyl/N-ethyl adjacent to an activating group) is 1. The summed E-state index contributed by atoms with van der Waals surface area (Å²) in [5.74, 6) is 1.02. The van der Waals surface area contributed by atoms with Crippen LogP contribution in [0.5, 0.6) is 5.75 Å². The molecule has 2 atom stereocenters. The minimum atomic E-state index is -0.0975. The fourth-order valence-electron chi connectivity index (χ4n) is 4.21. The van der Waals surface area contributed by atoms with Crippen LogP contribution in [0.2, 0.25) is 0 Å². The summed E-state index contributed by atoms with van der Waals surface area (Å²) in [6.45, 7) is 6.49. The Balaban J connectivity index is 1.26. The van der Waals surface area contributed by atoms with E-state index in [9.17, 15) is 9.59 Å². The van der Waals surface area contributed by atoms with Crippen molar-refractivity contribution in [2.75, 3.05) is 71.4 Å². The van der Waals surface area contributed by atoms with E-state index in [1.165, 1.54) is 0 Å². The molecule has 152 valence electrons. The third kappa shape index (κ3) is 3.94. The van der Waals surface area contributed by atoms with Gasteiger partial charge in [0, 0.05) is 58.0 Å². The molecule has 2 unspecified atom stereocenters. The van der Waals surface area contributed by atoms with Crippen molar-refractivity contribution in [3.05, 3.63) is 24.3 Å². The number of carbonyl (C=O) groups is 2. The number of amides is 2. The lowest BCUT2D eigenvalue weighted by molar-refractivity contribution is -0.139. The van der Waals surface area contributed by atoms with Crippen molar-refractivity contribution in [2.45, 2.75) is 6.42 Å². The summed E-state index contributed by atoms with van der Waals surface area (Å²) in [5.41, 5.74) is 1.16. The van der Waals surface area contributed by atoms with Crippen molar-refractivity contribution in [3.8, 4) is 5.75 Å². The van der Waals surface area contributed by atoms with Gasteiger partial charge in [-0.15, -0.1) is 0 Å². The van der Waals surface area contributed by atoms with E-state index in [0.29, 0.717) is 0 Å². The highest BCUT2D eigenvalue weighted by atomic mass is 16.5. The van der Waals surface area contributed by atoms with Crippen LogP contribution in [0.25, 0.3) is 0 Å². The van der Waals surface area contributed by atoms with Crippen LogP contribution in [-0.4, -0.2) is 93.0 Å². The van der Waals surface area contributed by atoms with E-state index in [-0.39, 0.29) is 23.7 Å². The fourth-order valence-corrected chi connectivity index (χ4v) is 4.21. The lowest BCUT2D eigenvalue weighted by Crippen LogP contribution is -2.50. The van der Waals surface area contributed by atoms with Crippen molar-refractivity contribution in [2.24, 2.45) is 11.8 Å². The molecular weight excluding hydrogens is 356 g/mol. The molecule has 3 aliphatic rings. The van der Waals surface area contributed by atoms with Gasteiger partial charge < -0.3 is 24.3 Å². The molecule has 2 amide bonds. The molecule has 0 spiro atoms. The van der Waals surface area contributed by atoms with Gasteiger partial charge in [0.15, 0.2) is 0 Å². The second-order valence-corrected chi connectivity index (χ2v) is 8.09. The smallest absolute Gasteiger partial charge is 0.226 e. The maximum absolute atomic E-state index is 12.8. The third-order valence-electron chi connectivity index (χ3n) is 6.27. The summed E-state index contributed by atoms with van der Waals surface area (Å²) in [7, 11) is 3.75. The Labute approximate surface area is 166 Å². The molecule has 3 fully saturated rings. The number of rotatable bonds is 4. The molecule has 1 aromatic rings. The largest absolute Gasteiger partial charge is 0.497 e. The van der Waals surface area contributed by atoms with Gasteiger partial charge in [-0.1, -0.05) is 0 Å². The Morgan fingerprint density at radius 1 is 0.821 bits per heavy atom. The van der Waals surface area contributed by atoms with Crippen LogP contribution >= 0.6 is 0 Å². The van der Waals surface area contributed by atoms with E-state index < -0.39 is 0 Å². The Morgan fingerprint density at radius 3 is 1.82 bits per heavy atom. The highest BCUT2D eigenvalue weighted by Crippen LogP contribution is 2.41. The molecule has 2 aliphatic heterocycles. The Bertz CT molecular complexity index is 707. The molecule has 2 saturated heterocycles. The number of anilines is 1. The van der Waals surface area contributed by atoms with Gasteiger partial charge in [0.05, 0.1) is 18.9 Å². The minimum absolute atomic E-state index is 0.0875. The van der Waals surface area contributed by atoms with Crippen LogP contribution in [0.1, 0.15) is 6.42 Å². The van der Waals surface area contributed by atoms with Crippen LogP contribution in [0.3, 0.4) is 0 Å². The average molecular weight is 386 g/mol. The average Bonchev–Trinajstić information content (AvgIpc) is 3.54. The van der Waals surface area contributed by atoms with Crippen molar-refractivity contribution in [1.82, 2.24) is 14.7 Å². The maximum Gasteiger partial charge on any atom is 0.226 e. The van der Waals surface area contributed by atoms with E-state index >= 15 is 0 Å². The zero-order valence-electron chi connectivity index (χ0n) is 16.8. The van der Waals surface area contributed by atoms with Crippen molar-refractivity contribution in [3.63, 3.8) is 0 Å². The van der Waals surface area contributed by atoms with Crippen LogP contribution in [0, 0.1) is 11.8 Å². The molecule has 4 rings (SSSR count). The third-order valence-corrected chi connectivity index (χ3v) is 6.27. The number of carbonyl (C=O) groups excluding carboxylic acids is 2. The molecule has 1 aliphatic carbocycles. The first kappa shape index (κ1) is 19.1. The van der Waals surface area contributed by atoms with Gasteiger partial charge in [-0.3, -0.25) is 9.59 Å². The summed E-state index contributed by atoms with van der Waals surface area (Å²) in [5, 5.41) is 0. The lowest BCUT2D eigenvalue weighted by Gasteiger charge is -2.36. The van der Waals surface area contributed by atoms with Crippen molar-refractivity contribution < 1.29 is 14.3 Å². The number of hydrogen-bond donors (Lipinski definition) is 0. The Morgan fingerprint density at radius 2 is 1.32 bits per heavy atom. The Hall–Kier alpha value is -2.28. The van der Waals surface area contributed by atoms with Crippen LogP contribution in [0.4, 0.5) is 5.69 Å². The predicted molar refractivity (Wildman–Crippen MR) is 107 cm³/mol. The number of hydrogen-bond acceptors (Lipinski definition) is 5. The number of benzene rings is 1. The van der Waals surface area contributed by atoms with E-state index in [0.717, 1.165) is 70.2 Å². The zero-order chi connectivity index (χ0) is 19.7. The van der Waals surface area contributed by atoms with Crippen LogP contribution in [-0.2, 0) is 9.59 Å². The SMILES string of the molecule is COc1ccc(N2CCN(C(=O)C3CC3C(=O)N3CCN(C)CC3)CC2)cc1. The van der Waals surface area contributed by atoms with Gasteiger partial charge in [-0.25, -0.2) is 0 Å². The highest BCUT2D eigenvalue weighted by molar-refractivity contribution is 5.92. The second kappa shape index (κ2) is 7.99. The normalized spacial score (nSPS) is 25.6. The summed E-state index contributed by atoms with van der Waals surface area (Å²) in [6.07, 6.45) is 0.725. The summed E-state index contributed by atoms with van der Waals surface area (Å²) in [4.78, 5) is 33.9. The summed E-state index contributed by atoms with van der Waals surface area (Å²) < 4.78 is 5.21. The second-order valence-electron chi connectivity index (χ2n) is 8.09. The predicted octanol–water partition coefficient (Wildman–Crippen LogP) is 0.754. The standard InChI is InChI=1S/C21H30N4O3/c1-22-7-9-24(10-8-22)20(26)18-15-19(18)21(27)25-13-11-23(12-14-25)16-3-5-17(28-2)6-4-16/h3-6,18-19H,7-15H2,1-2H3. The van der Waals surface area contributed by atoms with E-state index in [1.807, 2.05) is 21.9 Å². The van der Waals surface area contributed by atoms with E-state index in [2.05, 4.69) is 29.0 Å². The molecule has 0 radical (unpaired) electrons. The van der Waals surface area contributed by atoms with Gasteiger partial charge in [0.1, 0.15) is 5.75 Å². The molecule has 0 bridgehead atoms. The fraction of sp³-hybridized carbons (Fsp3) is 0.619. The number of ether oxygens (including phenoxy) is 1. The molecule has 0 aromatic heterocycles. The Kier molecular flexibility index (Phi) is 5.44. The molecule has 2 heterocycles. The van der Waals surface area contributed by atoms with E-state index in [4.69, 9.17) is 4.74 Å². The molecular formula is C21H30N4O3. The van der Waals surface area contributed by atoms with Crippen LogP contribution in [0.15, 0.2) is 24.3 Å². The monoisotopic (exact) mass is 386 g/mol. The number of nitrogens with zero attached hydrogens (tertiary/aromatic N) is 4. The first-order valence-electron chi connectivity index (χ1n) is 10.2. The quantitative estimate of drug-likeness (QED) is 0.765. The van der Waals surface area contributed by atoms with Crippen LogP contribution < -0.4 is 9.64 Å². The number of methoxy groups -OCH3 is 1. The molecule has 0 N–H and O–H groups in total. The lowest BCUT2D eigenvalue weighted by atomic mass is 10.2. The topological polar surface area (TPSA) is 56.3 Å². The van der Waals surface area contributed by atoms with Gasteiger partial charge in [0.2, 0.25) is 11.8 Å². The molecule has 7 nitrogen and oxygen atoms in total. The first-order chi connectivity index (χ1) is 13.6. The summed E-state index contributed by atoms with van der Waals surface area (Å²) >= 11 is 0. The molecule has 28 heavy (non-hydrogen) atoms. The maximum atomic E-state index is 12.8. The van der Waals surface area contributed by atoms with Gasteiger partial charge >= 0.3 is 0 Å². The van der Waals surface area contributed by atoms with Crippen molar-refractivity contribution in [1.29, 1.82) is 0 Å². The van der Waals surface area contributed by atoms with E-state index in [1.54, 1.807) is 7.11 Å². The highest BCUT2D eigenvalue weighted by Gasteiger charge is 2.51. The van der Waals surface area contributed by atoms with Crippen molar-refractivity contribution >= 4 is 17.5 Å². The molecule has 1 saturated carbocycles. The van der Waals surface area contributed by atoms with Gasteiger partial charge in [-0.2, -0.15) is 0 Å². The zero-order valence-corrected chi connectivity index (χ0v) is 16.8. The number of piperazine rings is 2. The van der Waals surface area contributed by atoms with Gasteiger partial charge in [0.25, 0.3) is 0 Å². The molecule has 1 aromatic carbocycles. The molecule has 7 heteroatoms.